The molecule has 2 rings (SSSR count). The fourth-order valence-corrected chi connectivity index (χ4v) is 1.98. The molecule has 1 aromatic rings. The normalized spacial score (nSPS) is 18.6. The van der Waals surface area contributed by atoms with Crippen molar-refractivity contribution in [2.45, 2.75) is 19.9 Å². The molecule has 5 heteroatoms. The lowest BCUT2D eigenvalue weighted by atomic mass is 10.1. The summed E-state index contributed by atoms with van der Waals surface area (Å²) in [5.41, 5.74) is 1.62. The third kappa shape index (κ3) is 1.84. The molecule has 0 aliphatic carbocycles. The second-order valence-electron chi connectivity index (χ2n) is 3.99. The number of nitrogens with zero attached hydrogens (tertiary/aromatic N) is 1. The van der Waals surface area contributed by atoms with Crippen molar-refractivity contribution in [1.29, 1.82) is 0 Å². The molecule has 90 valence electrons. The highest BCUT2D eigenvalue weighted by Gasteiger charge is 2.28. The Morgan fingerprint density at radius 2 is 2.24 bits per heavy atom. The number of anilines is 2. The number of benzene rings is 1. The van der Waals surface area contributed by atoms with Crippen LogP contribution in [0.4, 0.5) is 11.4 Å². The summed E-state index contributed by atoms with van der Waals surface area (Å²) in [6, 6.07) is 4.48. The molecule has 1 aliphatic heterocycles. The van der Waals surface area contributed by atoms with Crippen LogP contribution in [0.25, 0.3) is 0 Å². The van der Waals surface area contributed by atoms with E-state index < -0.39 is 5.97 Å². The van der Waals surface area contributed by atoms with Crippen molar-refractivity contribution in [2.24, 2.45) is 0 Å². The third-order valence-corrected chi connectivity index (χ3v) is 2.86. The van der Waals surface area contributed by atoms with Crippen molar-refractivity contribution in [3.05, 3.63) is 23.8 Å². The first kappa shape index (κ1) is 11.4. The van der Waals surface area contributed by atoms with Crippen LogP contribution in [0.5, 0.6) is 0 Å². The summed E-state index contributed by atoms with van der Waals surface area (Å²) in [6.45, 7) is 4.19. The molecule has 0 radical (unpaired) electrons. The van der Waals surface area contributed by atoms with Crippen molar-refractivity contribution in [3.8, 4) is 0 Å². The lowest BCUT2D eigenvalue weighted by Crippen LogP contribution is -2.45. The van der Waals surface area contributed by atoms with Crippen LogP contribution < -0.4 is 10.2 Å². The summed E-state index contributed by atoms with van der Waals surface area (Å²) in [5, 5.41) is 12.0. The van der Waals surface area contributed by atoms with Crippen LogP contribution >= 0.6 is 0 Å². The molecule has 5 nitrogen and oxygen atoms in total. The highest BCUT2D eigenvalue weighted by molar-refractivity contribution is 6.06. The summed E-state index contributed by atoms with van der Waals surface area (Å²) in [7, 11) is 0. The Morgan fingerprint density at radius 1 is 1.53 bits per heavy atom. The van der Waals surface area contributed by atoms with Gasteiger partial charge < -0.3 is 15.3 Å². The van der Waals surface area contributed by atoms with Crippen LogP contribution in [-0.4, -0.2) is 29.6 Å². The Hall–Kier alpha value is -2.04. The van der Waals surface area contributed by atoms with Gasteiger partial charge in [-0.2, -0.15) is 0 Å². The lowest BCUT2D eigenvalue weighted by Gasteiger charge is -2.33. The number of fused-ring (bicyclic) bond motifs is 1. The minimum atomic E-state index is -0.991. The monoisotopic (exact) mass is 234 g/mol. The molecule has 1 aromatic carbocycles. The zero-order chi connectivity index (χ0) is 12.6. The van der Waals surface area contributed by atoms with E-state index in [1.807, 2.05) is 6.92 Å². The van der Waals surface area contributed by atoms with Crippen molar-refractivity contribution in [2.75, 3.05) is 16.8 Å². The van der Waals surface area contributed by atoms with Gasteiger partial charge in [0.25, 0.3) is 0 Å². The van der Waals surface area contributed by atoms with Crippen LogP contribution in [0.15, 0.2) is 18.2 Å². The van der Waals surface area contributed by atoms with E-state index in [1.165, 1.54) is 12.1 Å². The molecule has 1 unspecified atom stereocenters. The van der Waals surface area contributed by atoms with Gasteiger partial charge in [-0.3, -0.25) is 4.79 Å². The van der Waals surface area contributed by atoms with Gasteiger partial charge in [-0.05, 0) is 32.0 Å². The molecular formula is C12H14N2O3. The molecule has 1 atom stereocenters. The first-order chi connectivity index (χ1) is 8.04. The number of rotatable bonds is 2. The predicted octanol–water partition coefficient (Wildman–Crippen LogP) is 1.55. The Labute approximate surface area is 99.0 Å². The van der Waals surface area contributed by atoms with Gasteiger partial charge in [0, 0.05) is 6.54 Å². The lowest BCUT2D eigenvalue weighted by molar-refractivity contribution is -0.119. The Kier molecular flexibility index (Phi) is 2.75. The second-order valence-corrected chi connectivity index (χ2v) is 3.99. The number of carboxylic acid groups (broad SMARTS) is 1. The molecular weight excluding hydrogens is 220 g/mol. The molecule has 1 amide bonds. The Balaban J connectivity index is 2.52. The second kappa shape index (κ2) is 4.08. The van der Waals surface area contributed by atoms with Gasteiger partial charge in [0.05, 0.1) is 16.9 Å². The zero-order valence-electron chi connectivity index (χ0n) is 9.73. The fourth-order valence-electron chi connectivity index (χ4n) is 1.98. The minimum Gasteiger partial charge on any atom is -0.478 e. The van der Waals surface area contributed by atoms with Gasteiger partial charge in [-0.25, -0.2) is 4.79 Å². The molecule has 0 fully saturated rings. The first-order valence-corrected chi connectivity index (χ1v) is 5.50. The maximum atomic E-state index is 11.9. The van der Waals surface area contributed by atoms with Crippen molar-refractivity contribution in [3.63, 3.8) is 0 Å². The molecule has 0 bridgehead atoms. The summed E-state index contributed by atoms with van der Waals surface area (Å²) in [5.74, 6) is -1.03. The molecule has 2 N–H and O–H groups in total. The predicted molar refractivity (Wildman–Crippen MR) is 64.5 cm³/mol. The SMILES string of the molecule is CCN1C(=O)C(C)Nc2ccc(C(=O)O)cc21. The van der Waals surface area contributed by atoms with E-state index in [4.69, 9.17) is 5.11 Å². The van der Waals surface area contributed by atoms with E-state index in [0.29, 0.717) is 12.2 Å². The van der Waals surface area contributed by atoms with Crippen LogP contribution in [0.3, 0.4) is 0 Å². The molecule has 0 aromatic heterocycles. The quantitative estimate of drug-likeness (QED) is 0.814. The standard InChI is InChI=1S/C12H14N2O3/c1-3-14-10-6-8(12(16)17)4-5-9(10)13-7(2)11(14)15/h4-7,13H,3H2,1-2H3,(H,16,17). The molecule has 0 spiro atoms. The highest BCUT2D eigenvalue weighted by atomic mass is 16.4. The molecule has 1 aliphatic rings. The number of carbonyl (C=O) groups excluding carboxylic acids is 1. The van der Waals surface area contributed by atoms with E-state index in [9.17, 15) is 9.59 Å². The number of aromatic carboxylic acids is 1. The molecule has 1 heterocycles. The maximum Gasteiger partial charge on any atom is 0.335 e. The third-order valence-electron chi connectivity index (χ3n) is 2.86. The maximum absolute atomic E-state index is 11.9. The number of nitrogens with one attached hydrogen (secondary N) is 1. The van der Waals surface area contributed by atoms with Crippen LogP contribution in [0.1, 0.15) is 24.2 Å². The molecule has 0 saturated carbocycles. The van der Waals surface area contributed by atoms with Gasteiger partial charge in [0.2, 0.25) is 5.91 Å². The van der Waals surface area contributed by atoms with Crippen molar-refractivity contribution < 1.29 is 14.7 Å². The molecule has 17 heavy (non-hydrogen) atoms. The smallest absolute Gasteiger partial charge is 0.335 e. The van der Waals surface area contributed by atoms with Crippen molar-refractivity contribution >= 4 is 23.3 Å². The summed E-state index contributed by atoms with van der Waals surface area (Å²) in [4.78, 5) is 24.4. The van der Waals surface area contributed by atoms with Gasteiger partial charge in [0.1, 0.15) is 6.04 Å². The largest absolute Gasteiger partial charge is 0.478 e. The van der Waals surface area contributed by atoms with Gasteiger partial charge >= 0.3 is 5.97 Å². The average Bonchev–Trinajstić information content (AvgIpc) is 2.30. The number of amides is 1. The van der Waals surface area contributed by atoms with E-state index in [-0.39, 0.29) is 17.5 Å². The Bertz CT molecular complexity index is 485. The summed E-state index contributed by atoms with van der Waals surface area (Å²) in [6.07, 6.45) is 0. The average molecular weight is 234 g/mol. The van der Waals surface area contributed by atoms with E-state index in [1.54, 1.807) is 17.9 Å². The van der Waals surface area contributed by atoms with E-state index in [2.05, 4.69) is 5.32 Å². The van der Waals surface area contributed by atoms with Gasteiger partial charge in [0.15, 0.2) is 0 Å². The van der Waals surface area contributed by atoms with Gasteiger partial charge in [-0.15, -0.1) is 0 Å². The number of hydrogen-bond acceptors (Lipinski definition) is 3. The summed E-state index contributed by atoms with van der Waals surface area (Å²) >= 11 is 0. The highest BCUT2D eigenvalue weighted by Crippen LogP contribution is 2.32. The number of hydrogen-bond donors (Lipinski definition) is 2. The Morgan fingerprint density at radius 3 is 2.82 bits per heavy atom. The number of carbonyl (C=O) groups is 2. The minimum absolute atomic E-state index is 0.0393. The van der Waals surface area contributed by atoms with E-state index in [0.717, 1.165) is 5.69 Å². The van der Waals surface area contributed by atoms with Crippen LogP contribution in [-0.2, 0) is 4.79 Å². The summed E-state index contributed by atoms with van der Waals surface area (Å²) < 4.78 is 0. The zero-order valence-corrected chi connectivity index (χ0v) is 9.73. The van der Waals surface area contributed by atoms with E-state index >= 15 is 0 Å². The van der Waals surface area contributed by atoms with Gasteiger partial charge in [-0.1, -0.05) is 0 Å². The topological polar surface area (TPSA) is 69.6 Å². The first-order valence-electron chi connectivity index (χ1n) is 5.50. The fraction of sp³-hybridized carbons (Fsp3) is 0.333. The van der Waals surface area contributed by atoms with Crippen molar-refractivity contribution in [1.82, 2.24) is 0 Å². The molecule has 0 saturated heterocycles. The van der Waals surface area contributed by atoms with Crippen LogP contribution in [0.2, 0.25) is 0 Å². The van der Waals surface area contributed by atoms with Crippen LogP contribution in [0, 0.1) is 0 Å². The number of likely N-dealkylation sites (N-methyl/N-ethyl adjacent to an activating group) is 1. The number of carboxylic acids is 1.